The molecule has 0 radical (unpaired) electrons. The van der Waals surface area contributed by atoms with Crippen molar-refractivity contribution < 1.29 is 78.3 Å². The van der Waals surface area contributed by atoms with Gasteiger partial charge >= 0.3 is 17.9 Å². The Bertz CT molecular complexity index is 2110. The molecule has 2 heterocycles. The van der Waals surface area contributed by atoms with Crippen LogP contribution in [-0.2, 0) is 59.2 Å². The van der Waals surface area contributed by atoms with Gasteiger partial charge in [-0.25, -0.2) is 9.78 Å². The lowest BCUT2D eigenvalue weighted by atomic mass is 10.1. The molecule has 1 aliphatic rings. The maximum absolute atomic E-state index is 13.9. The van der Waals surface area contributed by atoms with Gasteiger partial charge in [-0.2, -0.15) is 0 Å². The van der Waals surface area contributed by atoms with E-state index in [4.69, 9.17) is 28.0 Å². The number of nitrogens with one attached hydrogen (secondary N) is 10. The van der Waals surface area contributed by atoms with Crippen LogP contribution in [0.3, 0.4) is 0 Å². The molecule has 0 aliphatic carbocycles. The maximum atomic E-state index is 13.9. The van der Waals surface area contributed by atoms with E-state index >= 15 is 0 Å². The molecule has 0 bridgehead atoms. The van der Waals surface area contributed by atoms with Crippen molar-refractivity contribution in [2.75, 3.05) is 39.4 Å². The SMILES string of the molecule is NC(N)=NCCC[C@H](NC(=O)[C@H](CC(=O)O)NC(=O)[C@H](CCCN=C(N)N)NC(=O)[C@H](CO)NC(=O)[C@H](Cc1cnc[nH]1)NC(=O)[C@@H]1CCCN1)C(=O)NCC(=O)N[C@@H](CC(=O)O)C(=O)N[C@@H](CO)C(=O)O. The first-order valence-electron chi connectivity index (χ1n) is 22.1. The van der Waals surface area contributed by atoms with Crippen LogP contribution in [-0.4, -0.2) is 200 Å². The Morgan fingerprint density at radius 1 is 0.625 bits per heavy atom. The molecule has 400 valence electrons. The van der Waals surface area contributed by atoms with Crippen molar-refractivity contribution in [1.29, 1.82) is 0 Å². The fraction of sp³-hybridized carbons (Fsp3) is 0.590. The molecule has 0 spiro atoms. The molecular weight excluding hydrogens is 963 g/mol. The van der Waals surface area contributed by atoms with Crippen LogP contribution < -0.4 is 70.8 Å². The molecule has 23 N–H and O–H groups in total. The zero-order valence-electron chi connectivity index (χ0n) is 38.8. The minimum Gasteiger partial charge on any atom is -0.481 e. The third kappa shape index (κ3) is 22.5. The van der Waals surface area contributed by atoms with E-state index in [9.17, 15) is 73.2 Å². The van der Waals surface area contributed by atoms with Crippen molar-refractivity contribution in [3.05, 3.63) is 18.2 Å². The zero-order valence-corrected chi connectivity index (χ0v) is 38.8. The summed E-state index contributed by atoms with van der Waals surface area (Å²) in [7, 11) is 0. The average Bonchev–Trinajstić information content (AvgIpc) is 4.05. The molecule has 8 atom stereocenters. The summed E-state index contributed by atoms with van der Waals surface area (Å²) in [5.41, 5.74) is 22.0. The van der Waals surface area contributed by atoms with Crippen molar-refractivity contribution >= 4 is 77.1 Å². The number of hydrogen-bond acceptors (Lipinski definition) is 17. The molecule has 33 heteroatoms. The molecule has 1 saturated heterocycles. The van der Waals surface area contributed by atoms with Gasteiger partial charge in [0.05, 0.1) is 45.0 Å². The molecule has 0 aromatic carbocycles. The maximum Gasteiger partial charge on any atom is 0.328 e. The molecule has 1 aromatic heterocycles. The molecule has 2 rings (SSSR count). The first-order chi connectivity index (χ1) is 34.0. The van der Waals surface area contributed by atoms with Gasteiger partial charge < -0.3 is 101 Å². The fourth-order valence-electron chi connectivity index (χ4n) is 6.60. The predicted molar refractivity (Wildman–Crippen MR) is 246 cm³/mol. The Hall–Kier alpha value is -8.20. The van der Waals surface area contributed by atoms with Crippen LogP contribution >= 0.6 is 0 Å². The van der Waals surface area contributed by atoms with Crippen LogP contribution in [0, 0.1) is 0 Å². The largest absolute Gasteiger partial charge is 0.481 e. The van der Waals surface area contributed by atoms with Crippen molar-refractivity contribution in [3.63, 3.8) is 0 Å². The number of nitrogens with two attached hydrogens (primary N) is 4. The first-order valence-corrected chi connectivity index (χ1v) is 22.1. The molecule has 0 saturated carbocycles. The number of nitrogens with zero attached hydrogens (tertiary/aromatic N) is 3. The predicted octanol–water partition coefficient (Wildman–Crippen LogP) is -9.66. The van der Waals surface area contributed by atoms with Crippen LogP contribution in [0.5, 0.6) is 0 Å². The molecule has 8 amide bonds. The summed E-state index contributed by atoms with van der Waals surface area (Å²) in [5, 5.41) is 68.4. The lowest BCUT2D eigenvalue weighted by molar-refractivity contribution is -0.144. The molecule has 1 fully saturated rings. The highest BCUT2D eigenvalue weighted by Crippen LogP contribution is 2.09. The van der Waals surface area contributed by atoms with Gasteiger partial charge in [-0.15, -0.1) is 0 Å². The second-order valence-electron chi connectivity index (χ2n) is 15.9. The van der Waals surface area contributed by atoms with Crippen LogP contribution in [0.25, 0.3) is 0 Å². The van der Waals surface area contributed by atoms with E-state index in [1.165, 1.54) is 12.5 Å². The second kappa shape index (κ2) is 31.1. The Balaban J connectivity index is 2.32. The summed E-state index contributed by atoms with van der Waals surface area (Å²) in [6.07, 6.45) is 1.04. The number of H-pyrrole nitrogens is 1. The number of rotatable bonds is 33. The summed E-state index contributed by atoms with van der Waals surface area (Å²) >= 11 is 0. The number of guanidine groups is 2. The van der Waals surface area contributed by atoms with E-state index in [0.717, 1.165) is 0 Å². The number of carboxylic acids is 3. The van der Waals surface area contributed by atoms with Gasteiger partial charge in [0.15, 0.2) is 11.9 Å². The number of aliphatic carboxylic acids is 3. The van der Waals surface area contributed by atoms with Crippen LogP contribution in [0.2, 0.25) is 0 Å². The van der Waals surface area contributed by atoms with Crippen molar-refractivity contribution in [3.8, 4) is 0 Å². The fourth-order valence-corrected chi connectivity index (χ4v) is 6.60. The Labute approximate surface area is 409 Å². The summed E-state index contributed by atoms with van der Waals surface area (Å²) < 4.78 is 0. The number of aliphatic imine (C=N–C) groups is 2. The van der Waals surface area contributed by atoms with Gasteiger partial charge in [-0.1, -0.05) is 0 Å². The zero-order chi connectivity index (χ0) is 53.9. The smallest absolute Gasteiger partial charge is 0.328 e. The quantitative estimate of drug-likeness (QED) is 0.0177. The van der Waals surface area contributed by atoms with Gasteiger partial charge in [0.1, 0.15) is 42.3 Å². The van der Waals surface area contributed by atoms with Crippen LogP contribution in [0.15, 0.2) is 22.5 Å². The average molecular weight is 1030 g/mol. The van der Waals surface area contributed by atoms with Crippen LogP contribution in [0.4, 0.5) is 0 Å². The number of imidazole rings is 1. The van der Waals surface area contributed by atoms with Crippen LogP contribution in [0.1, 0.15) is 57.1 Å². The number of carboxylic acid groups (broad SMARTS) is 3. The van der Waals surface area contributed by atoms with E-state index in [2.05, 4.69) is 57.2 Å². The molecule has 1 aliphatic heterocycles. The van der Waals surface area contributed by atoms with E-state index in [1.807, 2.05) is 10.6 Å². The Morgan fingerprint density at radius 2 is 1.10 bits per heavy atom. The lowest BCUT2D eigenvalue weighted by Gasteiger charge is -2.26. The summed E-state index contributed by atoms with van der Waals surface area (Å²) in [6, 6.07) is -12.6. The van der Waals surface area contributed by atoms with E-state index in [-0.39, 0.29) is 57.1 Å². The Morgan fingerprint density at radius 3 is 1.57 bits per heavy atom. The molecular formula is C39H63N17O16. The number of aliphatic hydroxyl groups excluding tert-OH is 2. The first kappa shape index (κ1) is 59.9. The molecule has 33 nitrogen and oxygen atoms in total. The Kier molecular flexibility index (Phi) is 25.9. The molecule has 1 aromatic rings. The van der Waals surface area contributed by atoms with Crippen molar-refractivity contribution in [2.45, 2.75) is 106 Å². The third-order valence-electron chi connectivity index (χ3n) is 10.2. The summed E-state index contributed by atoms with van der Waals surface area (Å²) in [5.74, 6) is -14.2. The van der Waals surface area contributed by atoms with Gasteiger partial charge in [0.25, 0.3) is 0 Å². The normalized spacial score (nSPS) is 15.7. The van der Waals surface area contributed by atoms with Gasteiger partial charge in [0, 0.05) is 31.4 Å². The van der Waals surface area contributed by atoms with Gasteiger partial charge in [0.2, 0.25) is 47.3 Å². The van der Waals surface area contributed by atoms with E-state index in [0.29, 0.717) is 25.1 Å². The number of carbonyl (C=O) groups excluding carboxylic acids is 8. The molecule has 72 heavy (non-hydrogen) atoms. The number of carbonyl (C=O) groups is 11. The number of aliphatic hydroxyl groups is 2. The number of hydrogen-bond donors (Lipinski definition) is 19. The number of amides is 8. The third-order valence-corrected chi connectivity index (χ3v) is 10.2. The minimum absolute atomic E-state index is 0.0193. The van der Waals surface area contributed by atoms with E-state index < -0.39 is 146 Å². The van der Waals surface area contributed by atoms with Crippen molar-refractivity contribution in [2.24, 2.45) is 32.9 Å². The number of aromatic nitrogens is 2. The monoisotopic (exact) mass is 1030 g/mol. The van der Waals surface area contributed by atoms with Gasteiger partial charge in [-0.3, -0.25) is 57.9 Å². The highest BCUT2D eigenvalue weighted by atomic mass is 16.4. The molecule has 0 unspecified atom stereocenters. The van der Waals surface area contributed by atoms with Gasteiger partial charge in [-0.05, 0) is 45.1 Å². The second-order valence-corrected chi connectivity index (χ2v) is 15.9. The van der Waals surface area contributed by atoms with Crippen molar-refractivity contribution in [1.82, 2.24) is 57.8 Å². The number of aromatic amines is 1. The van der Waals surface area contributed by atoms with E-state index in [1.54, 1.807) is 0 Å². The summed E-state index contributed by atoms with van der Waals surface area (Å²) in [4.78, 5) is 156. The lowest BCUT2D eigenvalue weighted by Crippen LogP contribution is -2.60. The highest BCUT2D eigenvalue weighted by Gasteiger charge is 2.35. The summed E-state index contributed by atoms with van der Waals surface area (Å²) in [6.45, 7) is -2.71. The minimum atomic E-state index is -1.98. The topological polar surface area (TPSA) is 555 Å². The standard InChI is InChI=1S/C39H63N17O16/c40-38(41)46-8-2-5-20(30(64)48-14-27(59)50-23(11-28(60)61)34(68)56-26(16-58)37(71)72)51-35(69)24(12-29(62)63)54-32(66)21(6-3-9-47-39(42)43)52-36(70)25(15-57)55-33(67)22(10-18-13-44-17-49-18)53-31(65)19-4-1-7-45-19/h13,17,19-26,45,57-58H,1-12,14-16H2,(H,44,49)(H,48,64)(H,50,59)(H,51,69)(H,52,70)(H,53,65)(H,54,66)(H,55,67)(H,56,68)(H,60,61)(H,62,63)(H,71,72)(H4,40,41,46)(H4,42,43,47)/t19-,20-,21-,22-,23-,24-,25-,26-/m0/s1. The highest BCUT2D eigenvalue weighted by molar-refractivity contribution is 5.99.